The van der Waals surface area contributed by atoms with Gasteiger partial charge in [-0.05, 0) is 95.0 Å². The Morgan fingerprint density at radius 3 is 1.94 bits per heavy atom. The number of hydrogen-bond donors (Lipinski definition) is 0. The third-order valence-corrected chi connectivity index (χ3v) is 8.41. The number of halogens is 1. The first kappa shape index (κ1) is 24.1. The molecule has 6 nitrogen and oxygen atoms in total. The molecule has 1 fully saturated rings. The van der Waals surface area contributed by atoms with E-state index in [0.29, 0.717) is 11.1 Å². The third kappa shape index (κ3) is 3.97. The molecule has 3 rings (SSSR count). The van der Waals surface area contributed by atoms with Crippen LogP contribution >= 0.6 is 0 Å². The van der Waals surface area contributed by atoms with Crippen LogP contribution in [0, 0.1) is 33.5 Å². The number of nitrogens with zero attached hydrogens (tertiary/aromatic N) is 2. The largest absolute Gasteiger partial charge is 0.274 e. The fourth-order valence-electron chi connectivity index (χ4n) is 4.32. The van der Waals surface area contributed by atoms with Gasteiger partial charge >= 0.3 is 0 Å². The Morgan fingerprint density at radius 1 is 0.969 bits per heavy atom. The molecule has 1 aliphatic heterocycles. The minimum absolute atomic E-state index is 0.172. The van der Waals surface area contributed by atoms with Gasteiger partial charge in [0.05, 0.1) is 17.0 Å². The van der Waals surface area contributed by atoms with Crippen molar-refractivity contribution in [3.05, 3.63) is 58.4 Å². The van der Waals surface area contributed by atoms with Crippen molar-refractivity contribution in [3.8, 4) is 0 Å². The van der Waals surface area contributed by atoms with Gasteiger partial charge in [-0.2, -0.15) is 4.31 Å². The molecule has 0 N–H and O–H groups in total. The SMILES string of the molecule is Cc1cc(C)c(C)c(S(=O)(=O)N(C2CC(=O)N(c3ccc(F)cc3)C2=O)C(C)(C)C)c1C. The maximum Gasteiger partial charge on any atom is 0.252 e. The van der Waals surface area contributed by atoms with Crippen LogP contribution in [0.1, 0.15) is 49.4 Å². The van der Waals surface area contributed by atoms with Gasteiger partial charge in [-0.25, -0.2) is 17.7 Å². The second kappa shape index (κ2) is 8.08. The van der Waals surface area contributed by atoms with Crippen LogP contribution in [0.5, 0.6) is 0 Å². The quantitative estimate of drug-likeness (QED) is 0.642. The maximum atomic E-state index is 14.0. The molecule has 1 unspecified atom stereocenters. The highest BCUT2D eigenvalue weighted by Crippen LogP contribution is 2.37. The monoisotopic (exact) mass is 460 g/mol. The standard InChI is InChI=1S/C24H29FN2O4S/c1-14-12-15(2)17(4)22(16(14)3)32(30,31)27(24(5,6)7)20-13-21(28)26(23(20)29)19-10-8-18(25)9-11-19/h8-12,20H,13H2,1-7H3. The van der Waals surface area contributed by atoms with Gasteiger partial charge < -0.3 is 0 Å². The number of benzene rings is 2. The van der Waals surface area contributed by atoms with Crippen molar-refractivity contribution in [1.29, 1.82) is 0 Å². The zero-order valence-electron chi connectivity index (χ0n) is 19.5. The van der Waals surface area contributed by atoms with E-state index >= 15 is 0 Å². The molecule has 2 amide bonds. The lowest BCUT2D eigenvalue weighted by Crippen LogP contribution is -2.54. The number of carbonyl (C=O) groups is 2. The predicted octanol–water partition coefficient (Wildman–Crippen LogP) is 4.18. The fourth-order valence-corrected chi connectivity index (χ4v) is 6.84. The fraction of sp³-hybridized carbons (Fsp3) is 0.417. The second-order valence-electron chi connectivity index (χ2n) is 9.32. The topological polar surface area (TPSA) is 74.8 Å². The summed E-state index contributed by atoms with van der Waals surface area (Å²) in [6, 6.07) is 5.72. The number of carbonyl (C=O) groups excluding carboxylic acids is 2. The van der Waals surface area contributed by atoms with E-state index < -0.39 is 39.2 Å². The summed E-state index contributed by atoms with van der Waals surface area (Å²) in [5.41, 5.74) is 2.15. The normalized spacial score (nSPS) is 17.5. The van der Waals surface area contributed by atoms with E-state index in [0.717, 1.165) is 32.5 Å². The van der Waals surface area contributed by atoms with E-state index in [1.165, 1.54) is 12.1 Å². The van der Waals surface area contributed by atoms with Gasteiger partial charge in [0.15, 0.2) is 0 Å². The first-order valence-corrected chi connectivity index (χ1v) is 11.9. The summed E-state index contributed by atoms with van der Waals surface area (Å²) >= 11 is 0. The number of hydrogen-bond acceptors (Lipinski definition) is 4. The van der Waals surface area contributed by atoms with Gasteiger partial charge in [0.1, 0.15) is 11.9 Å². The van der Waals surface area contributed by atoms with Gasteiger partial charge in [-0.3, -0.25) is 9.59 Å². The van der Waals surface area contributed by atoms with Crippen molar-refractivity contribution in [1.82, 2.24) is 4.31 Å². The summed E-state index contributed by atoms with van der Waals surface area (Å²) < 4.78 is 42.6. The second-order valence-corrected chi connectivity index (χ2v) is 11.1. The van der Waals surface area contributed by atoms with Crippen LogP contribution in [0.2, 0.25) is 0 Å². The molecule has 8 heteroatoms. The van der Waals surface area contributed by atoms with E-state index in [2.05, 4.69) is 0 Å². The number of aryl methyl sites for hydroxylation is 2. The number of anilines is 1. The van der Waals surface area contributed by atoms with Crippen molar-refractivity contribution in [2.24, 2.45) is 0 Å². The third-order valence-electron chi connectivity index (χ3n) is 5.97. The van der Waals surface area contributed by atoms with E-state index in [4.69, 9.17) is 0 Å². The average molecular weight is 461 g/mol. The number of amides is 2. The smallest absolute Gasteiger partial charge is 0.252 e. The van der Waals surface area contributed by atoms with Crippen LogP contribution in [0.4, 0.5) is 10.1 Å². The number of sulfonamides is 1. The molecule has 1 atom stereocenters. The van der Waals surface area contributed by atoms with E-state index in [1.807, 2.05) is 19.9 Å². The number of imide groups is 1. The molecule has 2 aromatic carbocycles. The van der Waals surface area contributed by atoms with Gasteiger partial charge in [0, 0.05) is 5.54 Å². The molecule has 172 valence electrons. The van der Waals surface area contributed by atoms with Crippen molar-refractivity contribution >= 4 is 27.5 Å². The lowest BCUT2D eigenvalue weighted by molar-refractivity contribution is -0.122. The molecule has 32 heavy (non-hydrogen) atoms. The summed E-state index contributed by atoms with van der Waals surface area (Å²) in [7, 11) is -4.14. The molecule has 1 aliphatic rings. The van der Waals surface area contributed by atoms with E-state index in [9.17, 15) is 22.4 Å². The Bertz CT molecular complexity index is 1170. The molecule has 0 saturated carbocycles. The van der Waals surface area contributed by atoms with Gasteiger partial charge in [-0.15, -0.1) is 0 Å². The Balaban J connectivity index is 2.16. The van der Waals surface area contributed by atoms with Crippen molar-refractivity contribution in [2.45, 2.75) is 71.4 Å². The van der Waals surface area contributed by atoms with Crippen LogP contribution in [-0.2, 0) is 19.6 Å². The molecule has 0 spiro atoms. The Kier molecular flexibility index (Phi) is 6.08. The van der Waals surface area contributed by atoms with Gasteiger partial charge in [0.2, 0.25) is 15.9 Å². The molecule has 0 aromatic heterocycles. The minimum Gasteiger partial charge on any atom is -0.274 e. The lowest BCUT2D eigenvalue weighted by Gasteiger charge is -2.38. The Labute approximate surface area is 189 Å². The van der Waals surface area contributed by atoms with E-state index in [1.54, 1.807) is 34.6 Å². The van der Waals surface area contributed by atoms with Crippen molar-refractivity contribution in [2.75, 3.05) is 4.90 Å². The highest BCUT2D eigenvalue weighted by Gasteiger charge is 2.51. The zero-order chi connectivity index (χ0) is 24.2. The predicted molar refractivity (Wildman–Crippen MR) is 121 cm³/mol. The molecule has 0 bridgehead atoms. The highest BCUT2D eigenvalue weighted by atomic mass is 32.2. The highest BCUT2D eigenvalue weighted by molar-refractivity contribution is 7.89. The van der Waals surface area contributed by atoms with Gasteiger partial charge in [0.25, 0.3) is 5.91 Å². The average Bonchev–Trinajstić information content (AvgIpc) is 2.93. The summed E-state index contributed by atoms with van der Waals surface area (Å²) in [6.07, 6.45) is -0.282. The molecular weight excluding hydrogens is 431 g/mol. The summed E-state index contributed by atoms with van der Waals surface area (Å²) in [6.45, 7) is 12.3. The first-order valence-electron chi connectivity index (χ1n) is 10.4. The first-order chi connectivity index (χ1) is 14.7. The molecule has 1 heterocycles. The number of rotatable bonds is 4. The summed E-state index contributed by atoms with van der Waals surface area (Å²) in [4.78, 5) is 27.3. The summed E-state index contributed by atoms with van der Waals surface area (Å²) in [5.74, 6) is -1.66. The summed E-state index contributed by atoms with van der Waals surface area (Å²) in [5, 5.41) is 0. The van der Waals surface area contributed by atoms with Crippen LogP contribution in [0.3, 0.4) is 0 Å². The van der Waals surface area contributed by atoms with Crippen LogP contribution in [-0.4, -0.2) is 36.1 Å². The molecule has 0 radical (unpaired) electrons. The molecular formula is C24H29FN2O4S. The molecule has 0 aliphatic carbocycles. The van der Waals surface area contributed by atoms with E-state index in [-0.39, 0.29) is 17.0 Å². The molecule has 2 aromatic rings. The van der Waals surface area contributed by atoms with Gasteiger partial charge in [-0.1, -0.05) is 6.07 Å². The lowest BCUT2D eigenvalue weighted by atomic mass is 10.0. The Hall–Kier alpha value is -2.58. The van der Waals surface area contributed by atoms with Crippen molar-refractivity contribution in [3.63, 3.8) is 0 Å². The van der Waals surface area contributed by atoms with Crippen LogP contribution < -0.4 is 4.90 Å². The maximum absolute atomic E-state index is 14.0. The zero-order valence-corrected chi connectivity index (χ0v) is 20.3. The van der Waals surface area contributed by atoms with Crippen LogP contribution in [0.15, 0.2) is 35.2 Å². The Morgan fingerprint density at radius 2 is 1.47 bits per heavy atom. The van der Waals surface area contributed by atoms with Crippen molar-refractivity contribution < 1.29 is 22.4 Å². The minimum atomic E-state index is -4.14. The molecule has 1 saturated heterocycles. The van der Waals surface area contributed by atoms with Crippen LogP contribution in [0.25, 0.3) is 0 Å².